The summed E-state index contributed by atoms with van der Waals surface area (Å²) in [6.07, 6.45) is 8.44. The molecule has 1 aromatic carbocycles. The van der Waals surface area contributed by atoms with E-state index in [4.69, 9.17) is 0 Å². The Morgan fingerprint density at radius 2 is 1.82 bits per heavy atom. The van der Waals surface area contributed by atoms with Gasteiger partial charge in [0.15, 0.2) is 0 Å². The second kappa shape index (κ2) is 9.45. The fourth-order valence-corrected chi connectivity index (χ4v) is 5.63. The maximum Gasteiger partial charge on any atom is 0.231 e. The highest BCUT2D eigenvalue weighted by Crippen LogP contribution is 2.52. The molecule has 182 valence electrons. The van der Waals surface area contributed by atoms with Crippen LogP contribution in [0.1, 0.15) is 57.9 Å². The highest BCUT2D eigenvalue weighted by molar-refractivity contribution is 5.94. The SMILES string of the molecule is CN(C)[C@]1(c2ccccc2)CC[C@@]2(CC1)CC(=O)N(CCC(C)(C)C(=O)Nc1ccncn1)C2. The fraction of sp³-hybridized carbons (Fsp3) is 0.556. The molecule has 0 bridgehead atoms. The number of carbonyl (C=O) groups is 2. The summed E-state index contributed by atoms with van der Waals surface area (Å²) in [5.74, 6) is 0.627. The van der Waals surface area contributed by atoms with E-state index in [-0.39, 0.29) is 22.8 Å². The highest BCUT2D eigenvalue weighted by atomic mass is 16.2. The summed E-state index contributed by atoms with van der Waals surface area (Å²) in [6.45, 7) is 5.24. The second-order valence-electron chi connectivity index (χ2n) is 11.0. The smallest absolute Gasteiger partial charge is 0.231 e. The Morgan fingerprint density at radius 1 is 1.12 bits per heavy atom. The average molecular weight is 464 g/mol. The molecule has 0 atom stereocenters. The quantitative estimate of drug-likeness (QED) is 0.669. The predicted octanol–water partition coefficient (Wildman–Crippen LogP) is 4.08. The van der Waals surface area contributed by atoms with Crippen LogP contribution in [0.25, 0.3) is 0 Å². The molecule has 1 aliphatic carbocycles. The number of likely N-dealkylation sites (tertiary alicyclic amines) is 1. The minimum Gasteiger partial charge on any atom is -0.342 e. The first-order valence-electron chi connectivity index (χ1n) is 12.2. The van der Waals surface area contributed by atoms with Gasteiger partial charge in [0.25, 0.3) is 0 Å². The monoisotopic (exact) mass is 463 g/mol. The Bertz CT molecular complexity index is 998. The molecular weight excluding hydrogens is 426 g/mol. The van der Waals surface area contributed by atoms with E-state index >= 15 is 0 Å². The molecule has 1 aliphatic heterocycles. The molecule has 2 heterocycles. The van der Waals surface area contributed by atoms with Crippen LogP contribution in [0.4, 0.5) is 5.82 Å². The van der Waals surface area contributed by atoms with E-state index in [0.29, 0.717) is 25.2 Å². The minimum absolute atomic E-state index is 0.0318. The predicted molar refractivity (Wildman–Crippen MR) is 133 cm³/mol. The van der Waals surface area contributed by atoms with E-state index in [9.17, 15) is 9.59 Å². The maximum atomic E-state index is 13.0. The molecule has 1 spiro atoms. The average Bonchev–Trinajstić information content (AvgIpc) is 3.14. The van der Waals surface area contributed by atoms with Gasteiger partial charge in [-0.15, -0.1) is 0 Å². The lowest BCUT2D eigenvalue weighted by Gasteiger charge is -2.49. The van der Waals surface area contributed by atoms with E-state index in [0.717, 1.165) is 32.2 Å². The van der Waals surface area contributed by atoms with Crippen LogP contribution in [0.2, 0.25) is 0 Å². The lowest BCUT2D eigenvalue weighted by Crippen LogP contribution is -2.47. The van der Waals surface area contributed by atoms with Crippen LogP contribution in [0.3, 0.4) is 0 Å². The fourth-order valence-electron chi connectivity index (χ4n) is 5.63. The van der Waals surface area contributed by atoms with E-state index in [1.54, 1.807) is 12.3 Å². The number of amides is 2. The van der Waals surface area contributed by atoms with Gasteiger partial charge >= 0.3 is 0 Å². The molecule has 2 amide bonds. The molecule has 0 unspecified atom stereocenters. The maximum absolute atomic E-state index is 13.0. The first kappa shape index (κ1) is 24.3. The van der Waals surface area contributed by atoms with Crippen molar-refractivity contribution >= 4 is 17.6 Å². The zero-order valence-corrected chi connectivity index (χ0v) is 20.9. The molecule has 1 aromatic heterocycles. The molecule has 2 aromatic rings. The van der Waals surface area contributed by atoms with Crippen LogP contribution in [0.15, 0.2) is 48.9 Å². The van der Waals surface area contributed by atoms with Crippen molar-refractivity contribution in [1.82, 2.24) is 19.8 Å². The third-order valence-corrected chi connectivity index (χ3v) is 8.16. The normalized spacial score (nSPS) is 25.2. The van der Waals surface area contributed by atoms with Gasteiger partial charge in [-0.3, -0.25) is 14.5 Å². The number of hydrogen-bond donors (Lipinski definition) is 1. The summed E-state index contributed by atoms with van der Waals surface area (Å²) in [4.78, 5) is 38.1. The number of nitrogens with one attached hydrogen (secondary N) is 1. The van der Waals surface area contributed by atoms with Crippen molar-refractivity contribution in [2.45, 2.75) is 57.9 Å². The number of aromatic nitrogens is 2. The van der Waals surface area contributed by atoms with Crippen molar-refractivity contribution in [1.29, 1.82) is 0 Å². The Hall–Kier alpha value is -2.80. The number of carbonyl (C=O) groups excluding carboxylic acids is 2. The van der Waals surface area contributed by atoms with Crippen LogP contribution in [-0.2, 0) is 15.1 Å². The van der Waals surface area contributed by atoms with E-state index in [1.165, 1.54) is 11.9 Å². The largest absolute Gasteiger partial charge is 0.342 e. The van der Waals surface area contributed by atoms with Crippen LogP contribution in [-0.4, -0.2) is 58.8 Å². The number of rotatable bonds is 7. The second-order valence-corrected chi connectivity index (χ2v) is 11.0. The molecule has 7 heteroatoms. The Balaban J connectivity index is 1.36. The number of hydrogen-bond acceptors (Lipinski definition) is 5. The molecule has 1 N–H and O–H groups in total. The van der Waals surface area contributed by atoms with Crippen molar-refractivity contribution in [3.8, 4) is 0 Å². The lowest BCUT2D eigenvalue weighted by atomic mass is 9.64. The summed E-state index contributed by atoms with van der Waals surface area (Å²) in [5.41, 5.74) is 0.844. The van der Waals surface area contributed by atoms with Gasteiger partial charge in [0.1, 0.15) is 12.1 Å². The van der Waals surface area contributed by atoms with Gasteiger partial charge < -0.3 is 10.2 Å². The highest BCUT2D eigenvalue weighted by Gasteiger charge is 2.50. The third kappa shape index (κ3) is 4.85. The third-order valence-electron chi connectivity index (χ3n) is 8.16. The van der Waals surface area contributed by atoms with Gasteiger partial charge in [-0.2, -0.15) is 0 Å². The van der Waals surface area contributed by atoms with Crippen molar-refractivity contribution in [3.63, 3.8) is 0 Å². The molecule has 4 rings (SSSR count). The Labute approximate surface area is 203 Å². The molecule has 0 radical (unpaired) electrons. The molecule has 7 nitrogen and oxygen atoms in total. The van der Waals surface area contributed by atoms with E-state index in [2.05, 4.69) is 64.6 Å². The molecule has 2 aliphatic rings. The van der Waals surface area contributed by atoms with Crippen molar-refractivity contribution < 1.29 is 9.59 Å². The van der Waals surface area contributed by atoms with E-state index < -0.39 is 5.41 Å². The van der Waals surface area contributed by atoms with Gasteiger partial charge in [-0.05, 0) is 63.2 Å². The molecule has 1 saturated carbocycles. The summed E-state index contributed by atoms with van der Waals surface area (Å²) in [5, 5.41) is 2.86. The zero-order valence-electron chi connectivity index (χ0n) is 20.9. The first-order chi connectivity index (χ1) is 16.2. The Kier molecular flexibility index (Phi) is 6.76. The number of anilines is 1. The lowest BCUT2D eigenvalue weighted by molar-refractivity contribution is -0.130. The molecule has 34 heavy (non-hydrogen) atoms. The topological polar surface area (TPSA) is 78.4 Å². The van der Waals surface area contributed by atoms with Gasteiger partial charge in [-0.1, -0.05) is 44.2 Å². The van der Waals surface area contributed by atoms with Crippen LogP contribution in [0.5, 0.6) is 0 Å². The van der Waals surface area contributed by atoms with Crippen molar-refractivity contribution in [2.75, 3.05) is 32.5 Å². The summed E-state index contributed by atoms with van der Waals surface area (Å²) in [7, 11) is 4.34. The van der Waals surface area contributed by atoms with Crippen molar-refractivity contribution in [2.24, 2.45) is 10.8 Å². The summed E-state index contributed by atoms with van der Waals surface area (Å²) < 4.78 is 0. The van der Waals surface area contributed by atoms with Crippen LogP contribution in [0, 0.1) is 10.8 Å². The van der Waals surface area contributed by atoms with Gasteiger partial charge in [0.05, 0.1) is 0 Å². The van der Waals surface area contributed by atoms with Gasteiger partial charge in [-0.25, -0.2) is 9.97 Å². The number of benzene rings is 1. The van der Waals surface area contributed by atoms with Crippen LogP contribution >= 0.6 is 0 Å². The standard InChI is InChI=1S/C27H37N5O2/c1-25(2,24(34)30-22-10-16-28-20-29-22)15-17-32-19-26(18-23(32)33)11-13-27(14-12-26,31(3)4)21-8-6-5-7-9-21/h5-10,16,20H,11-15,17-19H2,1-4H3,(H,28,29,30,34)/t26-,27-. The van der Waals surface area contributed by atoms with Gasteiger partial charge in [0, 0.05) is 36.7 Å². The molecule has 2 fully saturated rings. The van der Waals surface area contributed by atoms with E-state index in [1.807, 2.05) is 18.7 Å². The minimum atomic E-state index is -0.610. The van der Waals surface area contributed by atoms with Crippen LogP contribution < -0.4 is 5.32 Å². The Morgan fingerprint density at radius 3 is 2.44 bits per heavy atom. The summed E-state index contributed by atoms with van der Waals surface area (Å²) in [6, 6.07) is 12.5. The zero-order chi connectivity index (χ0) is 24.4. The summed E-state index contributed by atoms with van der Waals surface area (Å²) >= 11 is 0. The first-order valence-corrected chi connectivity index (χ1v) is 12.2. The van der Waals surface area contributed by atoms with Gasteiger partial charge in [0.2, 0.25) is 11.8 Å². The molecular formula is C27H37N5O2. The molecule has 1 saturated heterocycles. The number of nitrogens with zero attached hydrogens (tertiary/aromatic N) is 4. The van der Waals surface area contributed by atoms with Crippen molar-refractivity contribution in [3.05, 3.63) is 54.5 Å².